The number of nitrogens with zero attached hydrogens (tertiary/aromatic N) is 3. The number of aromatic amines is 1. The SMILES string of the molecule is CCCn1ncc2ccc(S(=O)(=O)c3ccc(Cl)c4c(=O)n(O)c(=O)[nH]c34)cc21. The van der Waals surface area contributed by atoms with E-state index in [1.54, 1.807) is 16.9 Å². The van der Waals surface area contributed by atoms with Gasteiger partial charge in [0.2, 0.25) is 9.84 Å². The standard InChI is InChI=1S/C18H15ClN4O5S/c1-2-7-22-13-8-11(4-3-10(13)9-20-22)29(27,28)14-6-5-12(19)15-16(14)21-18(25)23(26)17(15)24/h3-6,8-9,26H,2,7H2,1H3,(H,21,25). The van der Waals surface area contributed by atoms with Gasteiger partial charge in [-0.25, -0.2) is 13.2 Å². The first-order valence-corrected chi connectivity index (χ1v) is 10.5. The van der Waals surface area contributed by atoms with Crippen LogP contribution in [0.1, 0.15) is 13.3 Å². The van der Waals surface area contributed by atoms with Crippen LogP contribution in [0.2, 0.25) is 5.02 Å². The van der Waals surface area contributed by atoms with Crippen molar-refractivity contribution in [2.45, 2.75) is 29.7 Å². The van der Waals surface area contributed by atoms with E-state index in [4.69, 9.17) is 11.6 Å². The Morgan fingerprint density at radius 1 is 1.21 bits per heavy atom. The van der Waals surface area contributed by atoms with Crippen molar-refractivity contribution in [3.63, 3.8) is 0 Å². The van der Waals surface area contributed by atoms with Crippen molar-refractivity contribution in [3.8, 4) is 0 Å². The van der Waals surface area contributed by atoms with Gasteiger partial charge in [-0.05, 0) is 36.8 Å². The molecule has 0 bridgehead atoms. The number of nitrogens with one attached hydrogen (secondary N) is 1. The Hall–Kier alpha value is -3.11. The maximum absolute atomic E-state index is 13.3. The fourth-order valence-corrected chi connectivity index (χ4v) is 4.88. The minimum absolute atomic E-state index is 0.0273. The molecular weight excluding hydrogens is 420 g/mol. The van der Waals surface area contributed by atoms with E-state index >= 15 is 0 Å². The summed E-state index contributed by atoms with van der Waals surface area (Å²) in [5, 5.41) is 14.2. The fraction of sp³-hybridized carbons (Fsp3) is 0.167. The molecule has 0 saturated carbocycles. The first kappa shape index (κ1) is 19.2. The number of sulfone groups is 1. The van der Waals surface area contributed by atoms with E-state index in [0.717, 1.165) is 11.8 Å². The number of fused-ring (bicyclic) bond motifs is 2. The smallest absolute Gasteiger partial charge is 0.362 e. The molecule has 0 aliphatic carbocycles. The van der Waals surface area contributed by atoms with Crippen molar-refractivity contribution >= 4 is 43.2 Å². The maximum Gasteiger partial charge on any atom is 0.362 e. The van der Waals surface area contributed by atoms with Crippen LogP contribution in [0.3, 0.4) is 0 Å². The predicted molar refractivity (Wildman–Crippen MR) is 106 cm³/mol. The normalized spacial score (nSPS) is 12.1. The lowest BCUT2D eigenvalue weighted by molar-refractivity contribution is 0.162. The molecule has 0 aliphatic rings. The maximum atomic E-state index is 13.3. The van der Waals surface area contributed by atoms with Crippen molar-refractivity contribution < 1.29 is 13.6 Å². The van der Waals surface area contributed by atoms with Crippen LogP contribution in [-0.4, -0.2) is 33.1 Å². The summed E-state index contributed by atoms with van der Waals surface area (Å²) in [4.78, 5) is 26.0. The number of benzene rings is 2. The van der Waals surface area contributed by atoms with Gasteiger partial charge in [0.15, 0.2) is 0 Å². The number of hydrogen-bond donors (Lipinski definition) is 2. The molecule has 2 N–H and O–H groups in total. The Balaban J connectivity index is 2.02. The third kappa shape index (κ3) is 2.91. The van der Waals surface area contributed by atoms with E-state index in [9.17, 15) is 23.2 Å². The molecular formula is C18H15ClN4O5S. The minimum atomic E-state index is -4.13. The minimum Gasteiger partial charge on any atom is -0.421 e. The molecule has 0 fully saturated rings. The summed E-state index contributed by atoms with van der Waals surface area (Å²) in [6, 6.07) is 7.02. The molecule has 0 atom stereocenters. The highest BCUT2D eigenvalue weighted by atomic mass is 35.5. The van der Waals surface area contributed by atoms with Gasteiger partial charge >= 0.3 is 5.69 Å². The van der Waals surface area contributed by atoms with E-state index in [-0.39, 0.29) is 30.4 Å². The second-order valence-electron chi connectivity index (χ2n) is 6.43. The Morgan fingerprint density at radius 2 is 1.97 bits per heavy atom. The van der Waals surface area contributed by atoms with E-state index in [1.807, 2.05) is 6.92 Å². The Labute approximate surface area is 168 Å². The van der Waals surface area contributed by atoms with E-state index < -0.39 is 21.1 Å². The topological polar surface area (TPSA) is 127 Å². The zero-order valence-corrected chi connectivity index (χ0v) is 16.7. The molecule has 9 nitrogen and oxygen atoms in total. The third-order valence-electron chi connectivity index (χ3n) is 4.60. The summed E-state index contributed by atoms with van der Waals surface area (Å²) in [7, 11) is -4.13. The van der Waals surface area contributed by atoms with Gasteiger partial charge in [0.25, 0.3) is 5.56 Å². The second-order valence-corrected chi connectivity index (χ2v) is 8.76. The van der Waals surface area contributed by atoms with Crippen LogP contribution >= 0.6 is 11.6 Å². The summed E-state index contributed by atoms with van der Waals surface area (Å²) >= 11 is 6.02. The van der Waals surface area contributed by atoms with Gasteiger partial charge in [-0.1, -0.05) is 23.3 Å². The van der Waals surface area contributed by atoms with Crippen molar-refractivity contribution in [2.24, 2.45) is 0 Å². The molecule has 0 spiro atoms. The van der Waals surface area contributed by atoms with E-state index in [2.05, 4.69) is 10.1 Å². The lowest BCUT2D eigenvalue weighted by Crippen LogP contribution is -2.33. The molecule has 150 valence electrons. The Kier molecular flexibility index (Phi) is 4.47. The highest BCUT2D eigenvalue weighted by Gasteiger charge is 2.25. The average molecular weight is 435 g/mol. The van der Waals surface area contributed by atoms with Gasteiger partial charge in [-0.2, -0.15) is 5.10 Å². The highest BCUT2D eigenvalue weighted by molar-refractivity contribution is 7.91. The molecule has 0 aliphatic heterocycles. The molecule has 2 aromatic carbocycles. The number of rotatable bonds is 4. The summed E-state index contributed by atoms with van der Waals surface area (Å²) < 4.78 is 28.2. The summed E-state index contributed by atoms with van der Waals surface area (Å²) in [6.45, 7) is 2.61. The molecule has 4 aromatic rings. The lowest BCUT2D eigenvalue weighted by Gasteiger charge is -2.10. The van der Waals surface area contributed by atoms with Crippen LogP contribution in [0.4, 0.5) is 0 Å². The third-order valence-corrected chi connectivity index (χ3v) is 6.71. The van der Waals surface area contributed by atoms with Gasteiger partial charge in [0.1, 0.15) is 0 Å². The molecule has 0 radical (unpaired) electrons. The first-order valence-electron chi connectivity index (χ1n) is 8.63. The van der Waals surface area contributed by atoms with Gasteiger partial charge in [-0.15, -0.1) is 0 Å². The van der Waals surface area contributed by atoms with Crippen LogP contribution in [0.25, 0.3) is 21.8 Å². The molecule has 0 unspecified atom stereocenters. The molecule has 0 amide bonds. The second kappa shape index (κ2) is 6.75. The van der Waals surface area contributed by atoms with Gasteiger partial charge in [0.05, 0.1) is 37.4 Å². The zero-order valence-electron chi connectivity index (χ0n) is 15.1. The summed E-state index contributed by atoms with van der Waals surface area (Å²) in [6.07, 6.45) is 2.48. The van der Waals surface area contributed by atoms with Crippen LogP contribution in [-0.2, 0) is 16.4 Å². The van der Waals surface area contributed by atoms with E-state index in [1.165, 1.54) is 24.3 Å². The van der Waals surface area contributed by atoms with Crippen LogP contribution in [0.15, 0.2) is 55.9 Å². The highest BCUT2D eigenvalue weighted by Crippen LogP contribution is 2.30. The first-order chi connectivity index (χ1) is 13.8. The number of H-pyrrole nitrogens is 1. The van der Waals surface area contributed by atoms with Crippen molar-refractivity contribution in [1.82, 2.24) is 19.5 Å². The molecule has 29 heavy (non-hydrogen) atoms. The van der Waals surface area contributed by atoms with E-state index in [0.29, 0.717) is 12.1 Å². The van der Waals surface area contributed by atoms with Gasteiger partial charge < -0.3 is 10.2 Å². The number of aromatic nitrogens is 4. The molecule has 2 aromatic heterocycles. The van der Waals surface area contributed by atoms with Crippen LogP contribution in [0, 0.1) is 0 Å². The fourth-order valence-electron chi connectivity index (χ4n) is 3.21. The van der Waals surface area contributed by atoms with Crippen molar-refractivity contribution in [1.29, 1.82) is 0 Å². The summed E-state index contributed by atoms with van der Waals surface area (Å²) in [5.41, 5.74) is -1.89. The Morgan fingerprint density at radius 3 is 2.69 bits per heavy atom. The molecule has 2 heterocycles. The van der Waals surface area contributed by atoms with Gasteiger partial charge in [0, 0.05) is 11.9 Å². The molecule has 4 rings (SSSR count). The number of hydrogen-bond acceptors (Lipinski definition) is 6. The Bertz CT molecular complexity index is 1500. The lowest BCUT2D eigenvalue weighted by atomic mass is 10.2. The average Bonchev–Trinajstić information content (AvgIpc) is 3.08. The summed E-state index contributed by atoms with van der Waals surface area (Å²) in [5.74, 6) is 0. The number of aryl methyl sites for hydroxylation is 1. The monoisotopic (exact) mass is 434 g/mol. The van der Waals surface area contributed by atoms with Crippen LogP contribution < -0.4 is 11.2 Å². The molecule has 11 heteroatoms. The van der Waals surface area contributed by atoms with Crippen molar-refractivity contribution in [3.05, 3.63) is 62.4 Å². The van der Waals surface area contributed by atoms with Crippen LogP contribution in [0.5, 0.6) is 0 Å². The van der Waals surface area contributed by atoms with Crippen molar-refractivity contribution in [2.75, 3.05) is 0 Å². The predicted octanol–water partition coefficient (Wildman–Crippen LogP) is 2.17. The largest absolute Gasteiger partial charge is 0.421 e. The zero-order chi connectivity index (χ0) is 20.9. The molecule has 0 saturated heterocycles. The number of halogens is 1. The van der Waals surface area contributed by atoms with Gasteiger partial charge in [-0.3, -0.25) is 9.48 Å². The quantitative estimate of drug-likeness (QED) is 0.474.